The van der Waals surface area contributed by atoms with Crippen LogP contribution in [0.5, 0.6) is 0 Å². The molecule has 0 aliphatic rings. The van der Waals surface area contributed by atoms with Crippen molar-refractivity contribution in [3.8, 4) is 11.3 Å². The van der Waals surface area contributed by atoms with Crippen molar-refractivity contribution in [3.05, 3.63) is 48.5 Å². The molecule has 3 aromatic rings. The second-order valence-electron chi connectivity index (χ2n) is 4.35. The first-order chi connectivity index (χ1) is 9.28. The maximum absolute atomic E-state index is 5.85. The summed E-state index contributed by atoms with van der Waals surface area (Å²) < 4.78 is 0. The van der Waals surface area contributed by atoms with Gasteiger partial charge in [0.15, 0.2) is 0 Å². The molecule has 0 amide bonds. The molecule has 4 nitrogen and oxygen atoms in total. The molecule has 4 heteroatoms. The van der Waals surface area contributed by atoms with E-state index in [1.165, 1.54) is 0 Å². The summed E-state index contributed by atoms with van der Waals surface area (Å²) in [6, 6.07) is 9.91. The van der Waals surface area contributed by atoms with E-state index in [1.807, 2.05) is 31.3 Å². The number of rotatable bonds is 2. The summed E-state index contributed by atoms with van der Waals surface area (Å²) in [5, 5.41) is 2.22. The highest BCUT2D eigenvalue weighted by Gasteiger charge is 2.07. The lowest BCUT2D eigenvalue weighted by Gasteiger charge is -2.07. The Labute approximate surface area is 111 Å². The summed E-state index contributed by atoms with van der Waals surface area (Å²) in [4.78, 5) is 13.0. The highest BCUT2D eigenvalue weighted by atomic mass is 14.9. The van der Waals surface area contributed by atoms with Crippen LogP contribution in [0.3, 0.4) is 0 Å². The van der Waals surface area contributed by atoms with E-state index in [4.69, 9.17) is 5.73 Å². The number of anilines is 1. The average molecular weight is 250 g/mol. The molecule has 94 valence electrons. The predicted molar refractivity (Wildman–Crippen MR) is 76.6 cm³/mol. The van der Waals surface area contributed by atoms with Gasteiger partial charge in [0.1, 0.15) is 11.6 Å². The van der Waals surface area contributed by atoms with Gasteiger partial charge in [-0.25, -0.2) is 9.97 Å². The van der Waals surface area contributed by atoms with E-state index in [1.54, 1.807) is 12.3 Å². The summed E-state index contributed by atoms with van der Waals surface area (Å²) in [6.07, 6.45) is 4.41. The SMILES string of the molecule is CCc1nc(N)cc(-c2cccc3ccncc23)n1. The Balaban J connectivity index is 2.27. The van der Waals surface area contributed by atoms with Crippen molar-refractivity contribution < 1.29 is 0 Å². The molecule has 1 aromatic carbocycles. The van der Waals surface area contributed by atoms with Gasteiger partial charge in [0.2, 0.25) is 0 Å². The summed E-state index contributed by atoms with van der Waals surface area (Å²) in [7, 11) is 0. The van der Waals surface area contributed by atoms with Gasteiger partial charge in [0.25, 0.3) is 0 Å². The van der Waals surface area contributed by atoms with Crippen LogP contribution < -0.4 is 5.73 Å². The standard InChI is InChI=1S/C15H14N4/c1-2-15-18-13(8-14(16)19-15)11-5-3-4-10-6-7-17-9-12(10)11/h3-9H,2H2,1H3,(H2,16,18,19). The number of pyridine rings is 1. The topological polar surface area (TPSA) is 64.7 Å². The number of nitrogens with two attached hydrogens (primary N) is 1. The molecule has 0 radical (unpaired) electrons. The molecule has 2 aromatic heterocycles. The maximum Gasteiger partial charge on any atom is 0.131 e. The Bertz CT molecular complexity index is 732. The summed E-state index contributed by atoms with van der Waals surface area (Å²) in [5.74, 6) is 1.26. The van der Waals surface area contributed by atoms with E-state index in [0.717, 1.165) is 34.3 Å². The van der Waals surface area contributed by atoms with Crippen molar-refractivity contribution in [2.75, 3.05) is 5.73 Å². The Morgan fingerprint density at radius 2 is 2.05 bits per heavy atom. The maximum atomic E-state index is 5.85. The van der Waals surface area contributed by atoms with Gasteiger partial charge in [-0.3, -0.25) is 4.98 Å². The third-order valence-corrected chi connectivity index (χ3v) is 3.07. The van der Waals surface area contributed by atoms with Crippen molar-refractivity contribution in [1.82, 2.24) is 15.0 Å². The van der Waals surface area contributed by atoms with Gasteiger partial charge in [-0.15, -0.1) is 0 Å². The van der Waals surface area contributed by atoms with Crippen LogP contribution in [0, 0.1) is 0 Å². The smallest absolute Gasteiger partial charge is 0.131 e. The largest absolute Gasteiger partial charge is 0.384 e. The highest BCUT2D eigenvalue weighted by molar-refractivity contribution is 5.95. The zero-order valence-electron chi connectivity index (χ0n) is 10.7. The number of nitrogens with zero attached hydrogens (tertiary/aromatic N) is 3. The van der Waals surface area contributed by atoms with Crippen LogP contribution in [0.1, 0.15) is 12.7 Å². The molecular formula is C15H14N4. The Morgan fingerprint density at radius 3 is 2.89 bits per heavy atom. The second-order valence-corrected chi connectivity index (χ2v) is 4.35. The van der Waals surface area contributed by atoms with E-state index in [-0.39, 0.29) is 0 Å². The minimum atomic E-state index is 0.503. The molecule has 2 heterocycles. The van der Waals surface area contributed by atoms with Crippen LogP contribution in [0.4, 0.5) is 5.82 Å². The van der Waals surface area contributed by atoms with Gasteiger partial charge < -0.3 is 5.73 Å². The van der Waals surface area contributed by atoms with Crippen LogP contribution in [-0.4, -0.2) is 15.0 Å². The van der Waals surface area contributed by atoms with Gasteiger partial charge in [0, 0.05) is 35.8 Å². The van der Waals surface area contributed by atoms with E-state index in [0.29, 0.717) is 5.82 Å². The van der Waals surface area contributed by atoms with Gasteiger partial charge in [-0.1, -0.05) is 25.1 Å². The van der Waals surface area contributed by atoms with E-state index in [2.05, 4.69) is 21.0 Å². The molecule has 19 heavy (non-hydrogen) atoms. The molecule has 0 fully saturated rings. The minimum Gasteiger partial charge on any atom is -0.384 e. The van der Waals surface area contributed by atoms with Crippen molar-refractivity contribution in [2.45, 2.75) is 13.3 Å². The molecule has 0 unspecified atom stereocenters. The molecule has 0 saturated heterocycles. The predicted octanol–water partition coefficient (Wildman–Crippen LogP) is 2.84. The van der Waals surface area contributed by atoms with Crippen LogP contribution >= 0.6 is 0 Å². The summed E-state index contributed by atoms with van der Waals surface area (Å²) in [6.45, 7) is 2.02. The van der Waals surface area contributed by atoms with Crippen LogP contribution in [-0.2, 0) is 6.42 Å². The zero-order chi connectivity index (χ0) is 13.2. The number of benzene rings is 1. The van der Waals surface area contributed by atoms with Gasteiger partial charge >= 0.3 is 0 Å². The van der Waals surface area contributed by atoms with Crippen molar-refractivity contribution in [3.63, 3.8) is 0 Å². The summed E-state index contributed by atoms with van der Waals surface area (Å²) in [5.41, 5.74) is 7.74. The fraction of sp³-hybridized carbons (Fsp3) is 0.133. The Hall–Kier alpha value is -2.49. The number of nitrogen functional groups attached to an aromatic ring is 1. The second kappa shape index (κ2) is 4.65. The van der Waals surface area contributed by atoms with Crippen LogP contribution in [0.25, 0.3) is 22.0 Å². The molecule has 0 aliphatic heterocycles. The number of aromatic nitrogens is 3. The zero-order valence-corrected chi connectivity index (χ0v) is 10.7. The van der Waals surface area contributed by atoms with Crippen molar-refractivity contribution in [1.29, 1.82) is 0 Å². The molecule has 0 aliphatic carbocycles. The minimum absolute atomic E-state index is 0.503. The number of fused-ring (bicyclic) bond motifs is 1. The molecule has 0 atom stereocenters. The quantitative estimate of drug-likeness (QED) is 0.759. The summed E-state index contributed by atoms with van der Waals surface area (Å²) >= 11 is 0. The lowest BCUT2D eigenvalue weighted by molar-refractivity contribution is 0.949. The normalized spacial score (nSPS) is 10.8. The molecular weight excluding hydrogens is 236 g/mol. The van der Waals surface area contributed by atoms with E-state index < -0.39 is 0 Å². The number of aryl methyl sites for hydroxylation is 1. The highest BCUT2D eigenvalue weighted by Crippen LogP contribution is 2.27. The fourth-order valence-electron chi connectivity index (χ4n) is 2.15. The van der Waals surface area contributed by atoms with Gasteiger partial charge in [-0.2, -0.15) is 0 Å². The first-order valence-electron chi connectivity index (χ1n) is 6.24. The molecule has 0 bridgehead atoms. The average Bonchev–Trinajstić information content (AvgIpc) is 2.46. The number of hydrogen-bond donors (Lipinski definition) is 1. The van der Waals surface area contributed by atoms with E-state index >= 15 is 0 Å². The fourth-order valence-corrected chi connectivity index (χ4v) is 2.15. The molecule has 2 N–H and O–H groups in total. The lowest BCUT2D eigenvalue weighted by atomic mass is 10.0. The molecule has 0 saturated carbocycles. The van der Waals surface area contributed by atoms with Crippen LogP contribution in [0.15, 0.2) is 42.7 Å². The van der Waals surface area contributed by atoms with E-state index in [9.17, 15) is 0 Å². The third kappa shape index (κ3) is 2.12. The first-order valence-corrected chi connectivity index (χ1v) is 6.24. The van der Waals surface area contributed by atoms with Crippen molar-refractivity contribution >= 4 is 16.6 Å². The monoisotopic (exact) mass is 250 g/mol. The molecule has 3 rings (SSSR count). The molecule has 0 spiro atoms. The lowest BCUT2D eigenvalue weighted by Crippen LogP contribution is -2.00. The number of hydrogen-bond acceptors (Lipinski definition) is 4. The van der Waals surface area contributed by atoms with Gasteiger partial charge in [-0.05, 0) is 11.5 Å². The van der Waals surface area contributed by atoms with Crippen LogP contribution in [0.2, 0.25) is 0 Å². The first kappa shape index (κ1) is 11.6. The third-order valence-electron chi connectivity index (χ3n) is 3.07. The van der Waals surface area contributed by atoms with Gasteiger partial charge in [0.05, 0.1) is 5.69 Å². The van der Waals surface area contributed by atoms with Crippen molar-refractivity contribution in [2.24, 2.45) is 0 Å². The Kier molecular flexibility index (Phi) is 2.83. The Morgan fingerprint density at radius 1 is 1.16 bits per heavy atom.